The number of carbonyl (C=O) groups excluding carboxylic acids is 2. The van der Waals surface area contributed by atoms with Crippen LogP contribution in [0.4, 0.5) is 11.4 Å². The summed E-state index contributed by atoms with van der Waals surface area (Å²) >= 11 is 6.33. The third kappa shape index (κ3) is 4.08. The molecule has 1 aliphatic rings. The van der Waals surface area contributed by atoms with E-state index in [1.54, 1.807) is 24.0 Å². The molecule has 0 aliphatic carbocycles. The van der Waals surface area contributed by atoms with E-state index in [-0.39, 0.29) is 11.8 Å². The minimum absolute atomic E-state index is 0.0547. The van der Waals surface area contributed by atoms with E-state index in [0.29, 0.717) is 45.4 Å². The molecule has 34 heavy (non-hydrogen) atoms. The number of fused-ring (bicyclic) bond motifs is 1. The number of aryl methyl sites for hydroxylation is 2. The Morgan fingerprint density at radius 3 is 2.59 bits per heavy atom. The predicted octanol–water partition coefficient (Wildman–Crippen LogP) is 6.15. The van der Waals surface area contributed by atoms with Gasteiger partial charge in [-0.3, -0.25) is 9.59 Å². The van der Waals surface area contributed by atoms with E-state index < -0.39 is 0 Å². The Morgan fingerprint density at radius 2 is 1.79 bits per heavy atom. The Morgan fingerprint density at radius 1 is 1.03 bits per heavy atom. The molecule has 7 heteroatoms. The maximum Gasteiger partial charge on any atom is 0.261 e. The van der Waals surface area contributed by atoms with Crippen LogP contribution < -0.4 is 10.2 Å². The van der Waals surface area contributed by atoms with Gasteiger partial charge in [-0.05, 0) is 55.7 Å². The number of aromatic nitrogens is 1. The zero-order valence-corrected chi connectivity index (χ0v) is 19.3. The summed E-state index contributed by atoms with van der Waals surface area (Å²) in [6, 6.07) is 22.1. The standard InChI is InChI=1S/C27H22ClN3O3/c1-17-24(25(30-34-17)21-11-5-6-12-22(21)28)26(32)29-20-14-13-18-10-7-15-31(23(18)16-20)27(33)19-8-3-2-4-9-19/h2-6,8-9,11-14,16H,7,10,15H2,1H3,(H,29,32). The Kier molecular flexibility index (Phi) is 5.90. The van der Waals surface area contributed by atoms with Crippen molar-refractivity contribution in [2.24, 2.45) is 0 Å². The quantitative estimate of drug-likeness (QED) is 0.387. The molecule has 2 heterocycles. The van der Waals surface area contributed by atoms with E-state index in [1.165, 1.54) is 0 Å². The third-order valence-corrected chi connectivity index (χ3v) is 6.28. The summed E-state index contributed by atoms with van der Waals surface area (Å²) in [6.07, 6.45) is 1.77. The summed E-state index contributed by atoms with van der Waals surface area (Å²) in [5.41, 5.74) is 4.44. The molecule has 4 aromatic rings. The van der Waals surface area contributed by atoms with Crippen LogP contribution >= 0.6 is 11.6 Å². The van der Waals surface area contributed by atoms with Crippen LogP contribution in [0.1, 0.15) is 38.5 Å². The van der Waals surface area contributed by atoms with Gasteiger partial charge in [-0.1, -0.05) is 59.2 Å². The van der Waals surface area contributed by atoms with Gasteiger partial charge in [0, 0.05) is 29.0 Å². The Hall–Kier alpha value is -3.90. The average molecular weight is 472 g/mol. The van der Waals surface area contributed by atoms with E-state index in [9.17, 15) is 9.59 Å². The number of amides is 2. The molecule has 3 aromatic carbocycles. The zero-order valence-electron chi connectivity index (χ0n) is 18.5. The fourth-order valence-corrected chi connectivity index (χ4v) is 4.50. The fraction of sp³-hybridized carbons (Fsp3) is 0.148. The number of benzene rings is 3. The van der Waals surface area contributed by atoms with Gasteiger partial charge in [0.15, 0.2) is 0 Å². The van der Waals surface area contributed by atoms with Crippen LogP contribution in [0.25, 0.3) is 11.3 Å². The number of halogens is 1. The molecule has 6 nitrogen and oxygen atoms in total. The number of nitrogens with zero attached hydrogens (tertiary/aromatic N) is 2. The molecule has 1 aliphatic heterocycles. The second-order valence-corrected chi connectivity index (χ2v) is 8.57. The van der Waals surface area contributed by atoms with E-state index in [1.807, 2.05) is 60.7 Å². The number of rotatable bonds is 4. The molecule has 0 spiro atoms. The van der Waals surface area contributed by atoms with Gasteiger partial charge in [-0.15, -0.1) is 0 Å². The minimum Gasteiger partial charge on any atom is -0.360 e. The SMILES string of the molecule is Cc1onc(-c2ccccc2Cl)c1C(=O)Nc1ccc2c(c1)N(C(=O)c1ccccc1)CCC2. The topological polar surface area (TPSA) is 75.4 Å². The van der Waals surface area contributed by atoms with Crippen LogP contribution in [-0.4, -0.2) is 23.5 Å². The van der Waals surface area contributed by atoms with Crippen molar-refractivity contribution in [2.45, 2.75) is 19.8 Å². The highest BCUT2D eigenvalue weighted by Gasteiger charge is 2.26. The summed E-state index contributed by atoms with van der Waals surface area (Å²) in [5, 5.41) is 7.50. The highest BCUT2D eigenvalue weighted by Crippen LogP contribution is 2.34. The van der Waals surface area contributed by atoms with Crippen molar-refractivity contribution in [3.8, 4) is 11.3 Å². The lowest BCUT2D eigenvalue weighted by atomic mass is 9.99. The molecule has 0 bridgehead atoms. The van der Waals surface area contributed by atoms with Crippen molar-refractivity contribution in [2.75, 3.05) is 16.8 Å². The zero-order chi connectivity index (χ0) is 23.7. The maximum atomic E-state index is 13.3. The molecule has 0 radical (unpaired) electrons. The monoisotopic (exact) mass is 471 g/mol. The normalized spacial score (nSPS) is 12.8. The first-order valence-corrected chi connectivity index (χ1v) is 11.4. The predicted molar refractivity (Wildman–Crippen MR) is 133 cm³/mol. The van der Waals surface area contributed by atoms with Crippen LogP contribution in [0.15, 0.2) is 77.3 Å². The molecule has 0 saturated carbocycles. The van der Waals surface area contributed by atoms with Gasteiger partial charge in [0.2, 0.25) is 0 Å². The smallest absolute Gasteiger partial charge is 0.261 e. The molecule has 0 atom stereocenters. The van der Waals surface area contributed by atoms with Crippen molar-refractivity contribution in [1.29, 1.82) is 0 Å². The number of nitrogens with one attached hydrogen (secondary N) is 1. The second kappa shape index (κ2) is 9.15. The first-order valence-electron chi connectivity index (χ1n) is 11.1. The number of hydrogen-bond acceptors (Lipinski definition) is 4. The molecule has 5 rings (SSSR count). The lowest BCUT2D eigenvalue weighted by molar-refractivity contribution is 0.0984. The van der Waals surface area contributed by atoms with Gasteiger partial charge < -0.3 is 14.7 Å². The molecule has 170 valence electrons. The highest BCUT2D eigenvalue weighted by atomic mass is 35.5. The van der Waals surface area contributed by atoms with Crippen LogP contribution in [0.3, 0.4) is 0 Å². The molecule has 1 aromatic heterocycles. The molecular weight excluding hydrogens is 450 g/mol. The molecular formula is C27H22ClN3O3. The van der Waals surface area contributed by atoms with E-state index in [4.69, 9.17) is 16.1 Å². The van der Waals surface area contributed by atoms with E-state index >= 15 is 0 Å². The van der Waals surface area contributed by atoms with Crippen molar-refractivity contribution in [3.63, 3.8) is 0 Å². The van der Waals surface area contributed by atoms with Gasteiger partial charge in [0.25, 0.3) is 11.8 Å². The fourth-order valence-electron chi connectivity index (χ4n) is 4.27. The molecule has 0 unspecified atom stereocenters. The second-order valence-electron chi connectivity index (χ2n) is 8.17. The van der Waals surface area contributed by atoms with Crippen LogP contribution in [-0.2, 0) is 6.42 Å². The summed E-state index contributed by atoms with van der Waals surface area (Å²) in [7, 11) is 0. The first kappa shape index (κ1) is 21.9. The van der Waals surface area contributed by atoms with Crippen molar-refractivity contribution < 1.29 is 14.1 Å². The van der Waals surface area contributed by atoms with Gasteiger partial charge in [-0.2, -0.15) is 0 Å². The molecule has 0 saturated heterocycles. The summed E-state index contributed by atoms with van der Waals surface area (Å²) in [6.45, 7) is 2.31. The first-order chi connectivity index (χ1) is 16.5. The Labute approximate surface area is 202 Å². The van der Waals surface area contributed by atoms with Gasteiger partial charge in [0.1, 0.15) is 17.0 Å². The lowest BCUT2D eigenvalue weighted by Crippen LogP contribution is -2.35. The van der Waals surface area contributed by atoms with E-state index in [0.717, 1.165) is 24.1 Å². The number of hydrogen-bond donors (Lipinski definition) is 1. The summed E-state index contributed by atoms with van der Waals surface area (Å²) in [4.78, 5) is 28.2. The molecule has 1 N–H and O–H groups in total. The van der Waals surface area contributed by atoms with Crippen molar-refractivity contribution in [1.82, 2.24) is 5.16 Å². The molecule has 2 amide bonds. The lowest BCUT2D eigenvalue weighted by Gasteiger charge is -2.30. The summed E-state index contributed by atoms with van der Waals surface area (Å²) < 4.78 is 5.33. The number of anilines is 2. The van der Waals surface area contributed by atoms with Gasteiger partial charge in [-0.25, -0.2) is 0 Å². The summed E-state index contributed by atoms with van der Waals surface area (Å²) in [5.74, 6) is -0.0162. The van der Waals surface area contributed by atoms with Gasteiger partial charge >= 0.3 is 0 Å². The minimum atomic E-state index is -0.356. The van der Waals surface area contributed by atoms with Crippen molar-refractivity contribution >= 4 is 34.8 Å². The molecule has 0 fully saturated rings. The van der Waals surface area contributed by atoms with E-state index in [2.05, 4.69) is 10.5 Å². The third-order valence-electron chi connectivity index (χ3n) is 5.95. The largest absolute Gasteiger partial charge is 0.360 e. The maximum absolute atomic E-state index is 13.3. The van der Waals surface area contributed by atoms with Crippen molar-refractivity contribution in [3.05, 3.63) is 100 Å². The van der Waals surface area contributed by atoms with Gasteiger partial charge in [0.05, 0.1) is 5.02 Å². The Bertz CT molecular complexity index is 1380. The highest BCUT2D eigenvalue weighted by molar-refractivity contribution is 6.33. The van der Waals surface area contributed by atoms with Crippen LogP contribution in [0, 0.1) is 6.92 Å². The van der Waals surface area contributed by atoms with Crippen LogP contribution in [0.5, 0.6) is 0 Å². The Balaban J connectivity index is 1.45. The number of carbonyl (C=O) groups is 2. The van der Waals surface area contributed by atoms with Crippen LogP contribution in [0.2, 0.25) is 5.02 Å². The average Bonchev–Trinajstić information content (AvgIpc) is 3.25.